The van der Waals surface area contributed by atoms with Crippen LogP contribution in [-0.2, 0) is 11.2 Å². The molecule has 4 N–H and O–H groups in total. The average Bonchev–Trinajstić information content (AvgIpc) is 2.45. The Hall–Kier alpha value is -2.49. The van der Waals surface area contributed by atoms with Crippen LogP contribution in [0.15, 0.2) is 30.3 Å². The summed E-state index contributed by atoms with van der Waals surface area (Å²) in [6, 6.07) is 9.99. The fourth-order valence-electron chi connectivity index (χ4n) is 2.59. The highest BCUT2D eigenvalue weighted by Crippen LogP contribution is 2.33. The number of aryl methyl sites for hydroxylation is 2. The minimum Gasteiger partial charge on any atom is -0.397 e. The van der Waals surface area contributed by atoms with Crippen molar-refractivity contribution in [3.05, 3.63) is 47.0 Å². The van der Waals surface area contributed by atoms with E-state index in [1.165, 1.54) is 11.1 Å². The van der Waals surface area contributed by atoms with Crippen molar-refractivity contribution < 1.29 is 4.79 Å². The van der Waals surface area contributed by atoms with Gasteiger partial charge in [0.1, 0.15) is 0 Å². The lowest BCUT2D eigenvalue weighted by Crippen LogP contribution is -2.19. The summed E-state index contributed by atoms with van der Waals surface area (Å²) < 4.78 is 0. The second kappa shape index (κ2) is 5.13. The molecule has 0 bridgehead atoms. The minimum absolute atomic E-state index is 0.0601. The van der Waals surface area contributed by atoms with Gasteiger partial charge in [-0.2, -0.15) is 0 Å². The maximum atomic E-state index is 11.5. The number of hydrogen-bond acceptors (Lipinski definition) is 3. The quantitative estimate of drug-likeness (QED) is 0.738. The van der Waals surface area contributed by atoms with Gasteiger partial charge >= 0.3 is 0 Å². The molecule has 4 nitrogen and oxygen atoms in total. The topological polar surface area (TPSA) is 67.1 Å². The van der Waals surface area contributed by atoms with Crippen LogP contribution in [0.5, 0.6) is 0 Å². The first-order chi connectivity index (χ1) is 10.0. The molecule has 0 saturated carbocycles. The number of hydrogen-bond donors (Lipinski definition) is 3. The standard InChI is InChI=1S/C17H19N3O/c1-10-4-3-5-14(11(10)2)19-16-9-15-12(8-13(16)18)6-7-17(21)20-15/h3-5,8-9,19H,6-7,18H2,1-2H3,(H,20,21). The van der Waals surface area contributed by atoms with Crippen LogP contribution >= 0.6 is 0 Å². The summed E-state index contributed by atoms with van der Waals surface area (Å²) in [4.78, 5) is 11.5. The van der Waals surface area contributed by atoms with E-state index in [1.54, 1.807) is 0 Å². The summed E-state index contributed by atoms with van der Waals surface area (Å²) in [6.07, 6.45) is 1.27. The summed E-state index contributed by atoms with van der Waals surface area (Å²) in [7, 11) is 0. The zero-order chi connectivity index (χ0) is 15.0. The van der Waals surface area contributed by atoms with Crippen molar-refractivity contribution in [3.8, 4) is 0 Å². The first-order valence-electron chi connectivity index (χ1n) is 7.10. The molecule has 1 heterocycles. The van der Waals surface area contributed by atoms with Crippen LogP contribution in [0.2, 0.25) is 0 Å². The van der Waals surface area contributed by atoms with Crippen LogP contribution in [0.4, 0.5) is 22.7 Å². The zero-order valence-electron chi connectivity index (χ0n) is 12.3. The molecule has 1 aliphatic heterocycles. The highest BCUT2D eigenvalue weighted by Gasteiger charge is 2.17. The van der Waals surface area contributed by atoms with Gasteiger partial charge in [-0.3, -0.25) is 4.79 Å². The number of nitrogens with one attached hydrogen (secondary N) is 2. The van der Waals surface area contributed by atoms with E-state index >= 15 is 0 Å². The molecule has 4 heteroatoms. The van der Waals surface area contributed by atoms with Gasteiger partial charge in [-0.15, -0.1) is 0 Å². The molecule has 3 rings (SSSR count). The Morgan fingerprint density at radius 2 is 1.95 bits per heavy atom. The van der Waals surface area contributed by atoms with Crippen LogP contribution in [-0.4, -0.2) is 5.91 Å². The van der Waals surface area contributed by atoms with Gasteiger partial charge in [0.2, 0.25) is 5.91 Å². The van der Waals surface area contributed by atoms with E-state index in [0.29, 0.717) is 12.1 Å². The Kier molecular flexibility index (Phi) is 3.29. The molecule has 2 aromatic rings. The molecule has 1 aliphatic rings. The molecule has 1 amide bonds. The lowest BCUT2D eigenvalue weighted by Gasteiger charge is -2.20. The molecule has 0 aromatic heterocycles. The van der Waals surface area contributed by atoms with Crippen LogP contribution in [0.1, 0.15) is 23.1 Å². The van der Waals surface area contributed by atoms with E-state index in [-0.39, 0.29) is 5.91 Å². The Bertz CT molecular complexity index is 722. The van der Waals surface area contributed by atoms with E-state index in [1.807, 2.05) is 24.3 Å². The number of benzene rings is 2. The Labute approximate surface area is 124 Å². The smallest absolute Gasteiger partial charge is 0.224 e. The third kappa shape index (κ3) is 2.57. The Morgan fingerprint density at radius 1 is 1.14 bits per heavy atom. The Morgan fingerprint density at radius 3 is 2.76 bits per heavy atom. The maximum Gasteiger partial charge on any atom is 0.224 e. The number of rotatable bonds is 2. The first-order valence-corrected chi connectivity index (χ1v) is 7.10. The Balaban J connectivity index is 1.97. The van der Waals surface area contributed by atoms with Crippen LogP contribution in [0.3, 0.4) is 0 Å². The summed E-state index contributed by atoms with van der Waals surface area (Å²) in [5.41, 5.74) is 13.1. The second-order valence-electron chi connectivity index (χ2n) is 5.52. The predicted octanol–water partition coefficient (Wildman–Crippen LogP) is 3.51. The van der Waals surface area contributed by atoms with E-state index in [4.69, 9.17) is 5.73 Å². The number of carbonyl (C=O) groups is 1. The normalized spacial score (nSPS) is 13.5. The SMILES string of the molecule is Cc1cccc(Nc2cc3c(cc2N)CCC(=O)N3)c1C. The van der Waals surface area contributed by atoms with Crippen molar-refractivity contribution in [2.45, 2.75) is 26.7 Å². The maximum absolute atomic E-state index is 11.5. The van der Waals surface area contributed by atoms with Crippen molar-refractivity contribution in [1.29, 1.82) is 0 Å². The summed E-state index contributed by atoms with van der Waals surface area (Å²) >= 11 is 0. The molecule has 0 unspecified atom stereocenters. The number of anilines is 4. The molecular weight excluding hydrogens is 262 g/mol. The second-order valence-corrected chi connectivity index (χ2v) is 5.52. The van der Waals surface area contributed by atoms with Gasteiger partial charge in [0.15, 0.2) is 0 Å². The van der Waals surface area contributed by atoms with Crippen LogP contribution in [0, 0.1) is 13.8 Å². The lowest BCUT2D eigenvalue weighted by molar-refractivity contribution is -0.116. The predicted molar refractivity (Wildman–Crippen MR) is 87.0 cm³/mol. The number of amides is 1. The van der Waals surface area contributed by atoms with Gasteiger partial charge in [-0.25, -0.2) is 0 Å². The van der Waals surface area contributed by atoms with Crippen molar-refractivity contribution in [2.75, 3.05) is 16.4 Å². The first kappa shape index (κ1) is 13.5. The molecule has 0 fully saturated rings. The van der Waals surface area contributed by atoms with Crippen molar-refractivity contribution in [1.82, 2.24) is 0 Å². The molecule has 0 aliphatic carbocycles. The summed E-state index contributed by atoms with van der Waals surface area (Å²) in [5.74, 6) is 0.0601. The van der Waals surface area contributed by atoms with Gasteiger partial charge < -0.3 is 16.4 Å². The van der Waals surface area contributed by atoms with E-state index < -0.39 is 0 Å². The van der Waals surface area contributed by atoms with Gasteiger partial charge in [-0.1, -0.05) is 12.1 Å². The summed E-state index contributed by atoms with van der Waals surface area (Å²) in [5, 5.41) is 6.27. The fourth-order valence-corrected chi connectivity index (χ4v) is 2.59. The molecule has 0 atom stereocenters. The third-order valence-corrected chi connectivity index (χ3v) is 4.04. The molecule has 108 valence electrons. The van der Waals surface area contributed by atoms with Gasteiger partial charge in [-0.05, 0) is 55.2 Å². The molecule has 0 spiro atoms. The number of fused-ring (bicyclic) bond motifs is 1. The minimum atomic E-state index is 0.0601. The fraction of sp³-hybridized carbons (Fsp3) is 0.235. The summed E-state index contributed by atoms with van der Waals surface area (Å²) in [6.45, 7) is 4.16. The highest BCUT2D eigenvalue weighted by atomic mass is 16.1. The van der Waals surface area contributed by atoms with Gasteiger partial charge in [0.25, 0.3) is 0 Å². The third-order valence-electron chi connectivity index (χ3n) is 4.04. The highest BCUT2D eigenvalue weighted by molar-refractivity contribution is 5.96. The molecule has 0 saturated heterocycles. The molecule has 21 heavy (non-hydrogen) atoms. The van der Waals surface area contributed by atoms with Crippen LogP contribution < -0.4 is 16.4 Å². The van der Waals surface area contributed by atoms with E-state index in [9.17, 15) is 4.79 Å². The molecule has 0 radical (unpaired) electrons. The number of carbonyl (C=O) groups excluding carboxylic acids is 1. The van der Waals surface area contributed by atoms with Crippen LogP contribution in [0.25, 0.3) is 0 Å². The monoisotopic (exact) mass is 281 g/mol. The van der Waals surface area contributed by atoms with E-state index in [2.05, 4.69) is 30.5 Å². The van der Waals surface area contributed by atoms with Crippen molar-refractivity contribution >= 4 is 28.7 Å². The molecule has 2 aromatic carbocycles. The largest absolute Gasteiger partial charge is 0.397 e. The molecular formula is C17H19N3O. The number of nitrogens with two attached hydrogens (primary N) is 1. The van der Waals surface area contributed by atoms with Gasteiger partial charge in [0.05, 0.1) is 11.4 Å². The number of nitrogen functional groups attached to an aromatic ring is 1. The zero-order valence-corrected chi connectivity index (χ0v) is 12.3. The lowest BCUT2D eigenvalue weighted by atomic mass is 10.0. The average molecular weight is 281 g/mol. The van der Waals surface area contributed by atoms with E-state index in [0.717, 1.165) is 29.0 Å². The van der Waals surface area contributed by atoms with Crippen molar-refractivity contribution in [3.63, 3.8) is 0 Å². The van der Waals surface area contributed by atoms with Crippen molar-refractivity contribution in [2.24, 2.45) is 0 Å². The van der Waals surface area contributed by atoms with Gasteiger partial charge in [0, 0.05) is 17.8 Å².